The summed E-state index contributed by atoms with van der Waals surface area (Å²) in [4.78, 5) is 44.0. The van der Waals surface area contributed by atoms with Gasteiger partial charge in [-0.3, -0.25) is 4.79 Å². The van der Waals surface area contributed by atoms with Crippen LogP contribution >= 0.6 is 0 Å². The third-order valence-corrected chi connectivity index (χ3v) is 11.6. The fourth-order valence-electron chi connectivity index (χ4n) is 8.68. The van der Waals surface area contributed by atoms with E-state index in [0.29, 0.717) is 37.1 Å². The van der Waals surface area contributed by atoms with Crippen LogP contribution in [0.2, 0.25) is 0 Å². The average Bonchev–Trinajstić information content (AvgIpc) is 3.36. The van der Waals surface area contributed by atoms with E-state index in [9.17, 15) is 19.5 Å². The minimum Gasteiger partial charge on any atom is -0.455 e. The van der Waals surface area contributed by atoms with Crippen LogP contribution < -0.4 is 11.2 Å². The number of nitrogens with two attached hydrogens (primary N) is 1. The number of aryl methyl sites for hydroxylation is 1. The number of rotatable bonds is 10. The summed E-state index contributed by atoms with van der Waals surface area (Å²) in [6, 6.07) is 6.66. The predicted molar refractivity (Wildman–Crippen MR) is 201 cm³/mol. The zero-order valence-electron chi connectivity index (χ0n) is 33.6. The summed E-state index contributed by atoms with van der Waals surface area (Å²) in [5.74, 6) is -2.43. The van der Waals surface area contributed by atoms with Gasteiger partial charge in [0.25, 0.3) is 0 Å². The molecule has 0 bridgehead atoms. The number of esters is 1. The summed E-state index contributed by atoms with van der Waals surface area (Å²) in [7, 11) is 5.39. The Morgan fingerprint density at radius 3 is 2.45 bits per heavy atom. The van der Waals surface area contributed by atoms with Gasteiger partial charge in [-0.05, 0) is 91.6 Å². The first-order chi connectivity index (χ1) is 24.9. The Labute approximate surface area is 315 Å². The topological polar surface area (TPSA) is 162 Å². The molecule has 0 aromatic heterocycles. The molecule has 13 heteroatoms. The maximum absolute atomic E-state index is 14.6. The highest BCUT2D eigenvalue weighted by Gasteiger charge is 2.60. The zero-order valence-corrected chi connectivity index (χ0v) is 33.6. The van der Waals surface area contributed by atoms with Crippen LogP contribution in [-0.4, -0.2) is 115 Å². The molecule has 298 valence electrons. The van der Waals surface area contributed by atoms with Crippen molar-refractivity contribution >= 4 is 23.5 Å². The Morgan fingerprint density at radius 2 is 1.83 bits per heavy atom. The third-order valence-electron chi connectivity index (χ3n) is 11.6. The molecule has 1 aromatic rings. The number of carbonyl (C=O) groups excluding carboxylic acids is 3. The largest absolute Gasteiger partial charge is 0.455 e. The van der Waals surface area contributed by atoms with E-state index in [1.807, 2.05) is 77.9 Å². The van der Waals surface area contributed by atoms with Gasteiger partial charge in [-0.1, -0.05) is 45.9 Å². The van der Waals surface area contributed by atoms with Gasteiger partial charge in [-0.2, -0.15) is 0 Å². The van der Waals surface area contributed by atoms with Gasteiger partial charge in [0.2, 0.25) is 0 Å². The third kappa shape index (κ3) is 9.42. The molecule has 0 saturated carbocycles. The molecule has 0 radical (unpaired) electrons. The van der Waals surface area contributed by atoms with Crippen molar-refractivity contribution in [2.75, 3.05) is 33.5 Å². The first-order valence-electron chi connectivity index (χ1n) is 19.1. The van der Waals surface area contributed by atoms with Crippen molar-refractivity contribution in [2.24, 2.45) is 17.8 Å². The van der Waals surface area contributed by atoms with E-state index < -0.39 is 71.7 Å². The number of nitrogen functional groups attached to an aromatic ring is 1. The molecule has 4 N–H and O–H groups in total. The maximum Gasteiger partial charge on any atom is 0.425 e. The summed E-state index contributed by atoms with van der Waals surface area (Å²) >= 11 is 0. The number of Topliss-reactive ketones (excluding diaryl/α,β-unsaturated/α-hetero) is 1. The van der Waals surface area contributed by atoms with Crippen LogP contribution in [0.3, 0.4) is 0 Å². The van der Waals surface area contributed by atoms with Crippen molar-refractivity contribution in [3.05, 3.63) is 41.5 Å². The Hall–Kier alpha value is -3.07. The predicted octanol–water partition coefficient (Wildman–Crippen LogP) is 4.65. The molecule has 0 aliphatic carbocycles. The molecule has 0 spiro atoms. The summed E-state index contributed by atoms with van der Waals surface area (Å²) in [5, 5.41) is 12.8. The summed E-state index contributed by atoms with van der Waals surface area (Å²) in [6.45, 7) is 15.1. The van der Waals surface area contributed by atoms with E-state index in [-0.39, 0.29) is 24.3 Å². The van der Waals surface area contributed by atoms with E-state index in [1.54, 1.807) is 34.0 Å². The lowest BCUT2D eigenvalue weighted by atomic mass is 9.74. The molecule has 3 heterocycles. The van der Waals surface area contributed by atoms with Gasteiger partial charge in [0.15, 0.2) is 11.9 Å². The quantitative estimate of drug-likeness (QED) is 0.173. The lowest BCUT2D eigenvalue weighted by Gasteiger charge is -2.46. The van der Waals surface area contributed by atoms with Gasteiger partial charge < -0.3 is 39.4 Å². The second-order valence-corrected chi connectivity index (χ2v) is 16.1. The van der Waals surface area contributed by atoms with Crippen molar-refractivity contribution in [2.45, 2.75) is 141 Å². The number of benzene rings is 1. The lowest BCUT2D eigenvalue weighted by molar-refractivity contribution is -0.294. The number of anilines is 1. The summed E-state index contributed by atoms with van der Waals surface area (Å²) in [6.07, 6.45) is 0.0263. The molecule has 12 atom stereocenters. The molecule has 13 nitrogen and oxygen atoms in total. The first kappa shape index (κ1) is 42.7. The molecule has 1 amide bonds. The number of ketones is 1. The molecule has 1 aromatic carbocycles. The molecular formula is C40H64N4O9. The Balaban J connectivity index is 1.70. The Bertz CT molecular complexity index is 1470. The fourth-order valence-corrected chi connectivity index (χ4v) is 8.68. The van der Waals surface area contributed by atoms with Crippen molar-refractivity contribution in [3.8, 4) is 0 Å². The van der Waals surface area contributed by atoms with Crippen molar-refractivity contribution < 1.29 is 43.2 Å². The van der Waals surface area contributed by atoms with Crippen LogP contribution in [0.4, 0.5) is 10.5 Å². The van der Waals surface area contributed by atoms with E-state index >= 15 is 0 Å². The molecule has 2 fully saturated rings. The number of aliphatic hydroxyl groups is 1. The number of carbonyl (C=O) groups is 3. The van der Waals surface area contributed by atoms with Gasteiger partial charge in [0.1, 0.15) is 24.0 Å². The minimum absolute atomic E-state index is 0.110. The number of aliphatic hydroxyl groups excluding tert-OH is 1. The molecule has 4 rings (SSSR count). The maximum atomic E-state index is 14.6. The van der Waals surface area contributed by atoms with E-state index in [1.165, 1.54) is 5.01 Å². The number of hydrogen-bond acceptors (Lipinski definition) is 12. The number of ether oxygens (including phenoxy) is 5. The van der Waals surface area contributed by atoms with Gasteiger partial charge in [0.05, 0.1) is 17.8 Å². The van der Waals surface area contributed by atoms with Crippen molar-refractivity contribution in [1.29, 1.82) is 0 Å². The summed E-state index contributed by atoms with van der Waals surface area (Å²) < 4.78 is 31.3. The summed E-state index contributed by atoms with van der Waals surface area (Å²) in [5.41, 5.74) is 8.88. The van der Waals surface area contributed by atoms with Crippen LogP contribution in [0, 0.1) is 17.8 Å². The Morgan fingerprint density at radius 1 is 1.13 bits per heavy atom. The highest BCUT2D eigenvalue weighted by Crippen LogP contribution is 2.42. The minimum atomic E-state index is -1.35. The standard InChI is InChI=1S/C40H64N4O9/c1-12-31-40(8)34(44(38(48)53-40)42-18-14-16-28-15-13-17-29(41)21-28)27(6)32(45)25(4)22-39(7,49-11)35(23(2)19-24(3)36(47)51-31)52-37-33(46)30(43(9)10)20-26(5)50-37/h13,15,17,19,21,23,25-27,30-31,33-35,37,42,46H,12,14,16,18,20,22,41H2,1-11H3/b24-19+/t23-,25+,26+,27-,30-,31?,33+,34+,35+,37-,39+,40+/m0/s1. The SMILES string of the molecule is CCC1OC(=O)/C(C)=C/[C@H](C)[C@@H](O[C@@H]2O[C@H](C)C[C@H](N(C)C)[C@H]2O)[C@](C)(OC)C[C@@H](C)C(=O)[C@H](C)[C@H]2N(NCCCc3cccc(N)c3)C(=O)O[C@]12C. The molecule has 3 aliphatic rings. The van der Waals surface area contributed by atoms with Crippen LogP contribution in [0.1, 0.15) is 86.6 Å². The van der Waals surface area contributed by atoms with Crippen molar-refractivity contribution in [3.63, 3.8) is 0 Å². The van der Waals surface area contributed by atoms with E-state index in [2.05, 4.69) is 5.43 Å². The number of fused-ring (bicyclic) bond motifs is 1. The van der Waals surface area contributed by atoms with Crippen molar-refractivity contribution in [1.82, 2.24) is 15.3 Å². The number of methoxy groups -OCH3 is 1. The Kier molecular flexibility index (Phi) is 14.2. The zero-order chi connectivity index (χ0) is 39.4. The number of hydrogen-bond donors (Lipinski definition) is 3. The number of nitrogens with zero attached hydrogens (tertiary/aromatic N) is 2. The van der Waals surface area contributed by atoms with Crippen LogP contribution in [-0.2, 0) is 39.7 Å². The van der Waals surface area contributed by atoms with Gasteiger partial charge in [-0.25, -0.2) is 20.0 Å². The van der Waals surface area contributed by atoms with Gasteiger partial charge >= 0.3 is 12.1 Å². The number of hydrazine groups is 1. The average molecular weight is 745 g/mol. The highest BCUT2D eigenvalue weighted by atomic mass is 16.7. The van der Waals surface area contributed by atoms with Gasteiger partial charge in [0, 0.05) is 48.7 Å². The molecule has 3 aliphatic heterocycles. The van der Waals surface area contributed by atoms with E-state index in [0.717, 1.165) is 12.0 Å². The number of cyclic esters (lactones) is 1. The monoisotopic (exact) mass is 744 g/mol. The fraction of sp³-hybridized carbons (Fsp3) is 0.725. The van der Waals surface area contributed by atoms with Crippen LogP contribution in [0.25, 0.3) is 0 Å². The van der Waals surface area contributed by atoms with Crippen LogP contribution in [0.15, 0.2) is 35.9 Å². The lowest BCUT2D eigenvalue weighted by Crippen LogP contribution is -2.60. The molecule has 2 saturated heterocycles. The van der Waals surface area contributed by atoms with Crippen LogP contribution in [0.5, 0.6) is 0 Å². The van der Waals surface area contributed by atoms with Gasteiger partial charge in [-0.15, -0.1) is 0 Å². The molecule has 53 heavy (non-hydrogen) atoms. The first-order valence-corrected chi connectivity index (χ1v) is 19.1. The molecular weight excluding hydrogens is 680 g/mol. The highest BCUT2D eigenvalue weighted by molar-refractivity contribution is 5.88. The number of nitrogens with one attached hydrogen (secondary N) is 1. The molecule has 1 unspecified atom stereocenters. The second kappa shape index (κ2) is 17.6. The smallest absolute Gasteiger partial charge is 0.425 e. The normalized spacial score (nSPS) is 38.5. The number of amides is 1. The van der Waals surface area contributed by atoms with E-state index in [4.69, 9.17) is 29.4 Å². The number of likely N-dealkylation sites (N-methyl/N-ethyl adjacent to an activating group) is 1. The second-order valence-electron chi connectivity index (χ2n) is 16.1.